The van der Waals surface area contributed by atoms with Gasteiger partial charge in [-0.1, -0.05) is 0 Å². The average Bonchev–Trinajstić information content (AvgIpc) is 3.07. The molecule has 9 heteroatoms. The number of piperazine rings is 1. The van der Waals surface area contributed by atoms with Crippen molar-refractivity contribution in [3.63, 3.8) is 0 Å². The Hall–Kier alpha value is -2.26. The number of rotatable bonds is 1. The van der Waals surface area contributed by atoms with Gasteiger partial charge >= 0.3 is 0 Å². The Labute approximate surface area is 125 Å². The van der Waals surface area contributed by atoms with Gasteiger partial charge in [0.05, 0.1) is 10.4 Å². The molecule has 1 fully saturated rings. The zero-order valence-corrected chi connectivity index (χ0v) is 12.2. The van der Waals surface area contributed by atoms with Crippen molar-refractivity contribution in [3.05, 3.63) is 22.5 Å². The number of fused-ring (bicyclic) bond motifs is 3. The van der Waals surface area contributed by atoms with Crippen LogP contribution in [0, 0.1) is 0 Å². The number of nitrogens with zero attached hydrogens (tertiary/aromatic N) is 3. The number of aromatic nitrogens is 2. The zero-order valence-electron chi connectivity index (χ0n) is 10.5. The Balaban J connectivity index is 1.71. The standard InChI is InChI=1S/C12H8N4O3S2/c17-8-4-15(5-9(18)13-8)11(19)7-3-6-10(21-7)14-12-16(6)1-2-20-12/h1-3H,4-5H2,(H,13,17,18). The van der Waals surface area contributed by atoms with E-state index < -0.39 is 11.8 Å². The fourth-order valence-corrected chi connectivity index (χ4v) is 4.06. The van der Waals surface area contributed by atoms with Crippen molar-refractivity contribution in [1.29, 1.82) is 0 Å². The van der Waals surface area contributed by atoms with Crippen LogP contribution in [-0.2, 0) is 9.59 Å². The molecule has 4 heterocycles. The Morgan fingerprint density at radius 1 is 1.29 bits per heavy atom. The van der Waals surface area contributed by atoms with Crippen molar-refractivity contribution >= 4 is 55.7 Å². The van der Waals surface area contributed by atoms with Gasteiger partial charge in [0.2, 0.25) is 11.8 Å². The predicted octanol–water partition coefficient (Wildman–Crippen LogP) is 0.709. The van der Waals surface area contributed by atoms with Crippen LogP contribution in [0.1, 0.15) is 9.67 Å². The summed E-state index contributed by atoms with van der Waals surface area (Å²) in [7, 11) is 0. The van der Waals surface area contributed by atoms with E-state index >= 15 is 0 Å². The number of nitrogens with one attached hydrogen (secondary N) is 1. The summed E-state index contributed by atoms with van der Waals surface area (Å²) < 4.78 is 1.92. The van der Waals surface area contributed by atoms with Crippen LogP contribution in [0.2, 0.25) is 0 Å². The van der Waals surface area contributed by atoms with Gasteiger partial charge in [-0.25, -0.2) is 4.98 Å². The van der Waals surface area contributed by atoms with Crippen LogP contribution in [0.5, 0.6) is 0 Å². The number of amides is 3. The summed E-state index contributed by atoms with van der Waals surface area (Å²) in [5.74, 6) is -1.23. The van der Waals surface area contributed by atoms with E-state index in [1.54, 1.807) is 6.07 Å². The largest absolute Gasteiger partial charge is 0.319 e. The zero-order chi connectivity index (χ0) is 14.6. The molecular formula is C12H8N4O3S2. The fourth-order valence-electron chi connectivity index (χ4n) is 2.29. The molecule has 3 amide bonds. The second-order valence-corrected chi connectivity index (χ2v) is 6.50. The highest BCUT2D eigenvalue weighted by Crippen LogP contribution is 2.29. The Morgan fingerprint density at radius 2 is 2.05 bits per heavy atom. The molecule has 0 aromatic carbocycles. The molecule has 0 bridgehead atoms. The van der Waals surface area contributed by atoms with E-state index in [0.29, 0.717) is 4.88 Å². The molecule has 0 spiro atoms. The number of thiazole rings is 1. The Bertz CT molecular complexity index is 890. The summed E-state index contributed by atoms with van der Waals surface area (Å²) in [6, 6.07) is 1.76. The molecule has 1 N–H and O–H groups in total. The molecule has 3 aromatic rings. The van der Waals surface area contributed by atoms with E-state index in [9.17, 15) is 14.4 Å². The van der Waals surface area contributed by atoms with Crippen molar-refractivity contribution < 1.29 is 14.4 Å². The first kappa shape index (κ1) is 12.5. The summed E-state index contributed by atoms with van der Waals surface area (Å²) in [6.07, 6.45) is 1.90. The van der Waals surface area contributed by atoms with Crippen LogP contribution in [0.15, 0.2) is 17.6 Å². The second kappa shape index (κ2) is 4.37. The minimum atomic E-state index is -0.456. The van der Waals surface area contributed by atoms with Crippen molar-refractivity contribution in [2.24, 2.45) is 0 Å². The van der Waals surface area contributed by atoms with Crippen molar-refractivity contribution in [2.75, 3.05) is 13.1 Å². The number of carbonyl (C=O) groups excluding carboxylic acids is 3. The summed E-state index contributed by atoms with van der Waals surface area (Å²) in [4.78, 5) is 42.9. The molecular weight excluding hydrogens is 312 g/mol. The highest BCUT2D eigenvalue weighted by Gasteiger charge is 2.28. The molecule has 0 atom stereocenters. The van der Waals surface area contributed by atoms with E-state index in [1.807, 2.05) is 16.0 Å². The van der Waals surface area contributed by atoms with Crippen LogP contribution in [-0.4, -0.2) is 45.1 Å². The van der Waals surface area contributed by atoms with Crippen molar-refractivity contribution in [1.82, 2.24) is 19.6 Å². The topological polar surface area (TPSA) is 83.8 Å². The maximum absolute atomic E-state index is 12.4. The van der Waals surface area contributed by atoms with E-state index in [1.165, 1.54) is 27.6 Å². The third kappa shape index (κ3) is 1.93. The highest BCUT2D eigenvalue weighted by molar-refractivity contribution is 7.21. The van der Waals surface area contributed by atoms with E-state index in [-0.39, 0.29) is 19.0 Å². The maximum atomic E-state index is 12.4. The van der Waals surface area contributed by atoms with Gasteiger partial charge in [0.15, 0.2) is 4.96 Å². The third-order valence-corrected chi connectivity index (χ3v) is 4.95. The summed E-state index contributed by atoms with van der Waals surface area (Å²) >= 11 is 2.80. The normalized spacial score (nSPS) is 15.9. The molecule has 21 heavy (non-hydrogen) atoms. The van der Waals surface area contributed by atoms with E-state index in [4.69, 9.17) is 0 Å². The molecule has 3 aromatic heterocycles. The first-order valence-electron chi connectivity index (χ1n) is 6.09. The Morgan fingerprint density at radius 3 is 2.81 bits per heavy atom. The molecule has 1 aliphatic heterocycles. The minimum Gasteiger partial charge on any atom is -0.319 e. The molecule has 7 nitrogen and oxygen atoms in total. The van der Waals surface area contributed by atoms with E-state index in [0.717, 1.165) is 15.3 Å². The lowest BCUT2D eigenvalue weighted by Gasteiger charge is -2.24. The van der Waals surface area contributed by atoms with Gasteiger partial charge in [-0.3, -0.25) is 24.1 Å². The second-order valence-electron chi connectivity index (χ2n) is 4.60. The number of hydrogen-bond acceptors (Lipinski definition) is 6. The van der Waals surface area contributed by atoms with Gasteiger partial charge in [-0.15, -0.1) is 22.7 Å². The van der Waals surface area contributed by atoms with Gasteiger partial charge in [0.25, 0.3) is 5.91 Å². The SMILES string of the molecule is O=C1CN(C(=O)c2cc3c(nc4sccn43)s2)CC(=O)N1. The smallest absolute Gasteiger partial charge is 0.265 e. The quantitative estimate of drug-likeness (QED) is 0.669. The lowest BCUT2D eigenvalue weighted by Crippen LogP contribution is -2.53. The monoisotopic (exact) mass is 320 g/mol. The molecule has 0 unspecified atom stereocenters. The molecule has 0 aliphatic carbocycles. The van der Waals surface area contributed by atoms with Crippen molar-refractivity contribution in [2.45, 2.75) is 0 Å². The molecule has 1 saturated heterocycles. The number of hydrogen-bond donors (Lipinski definition) is 1. The average molecular weight is 320 g/mol. The minimum absolute atomic E-state index is 0.0961. The molecule has 0 saturated carbocycles. The maximum Gasteiger partial charge on any atom is 0.265 e. The summed E-state index contributed by atoms with van der Waals surface area (Å²) in [6.45, 7) is -0.192. The van der Waals surface area contributed by atoms with Crippen LogP contribution in [0.4, 0.5) is 0 Å². The third-order valence-electron chi connectivity index (χ3n) is 3.19. The number of imide groups is 1. The summed E-state index contributed by atoms with van der Waals surface area (Å²) in [5.41, 5.74) is 0.868. The molecule has 106 valence electrons. The van der Waals surface area contributed by atoms with Crippen LogP contribution < -0.4 is 5.32 Å². The predicted molar refractivity (Wildman–Crippen MR) is 77.5 cm³/mol. The van der Waals surface area contributed by atoms with Crippen LogP contribution >= 0.6 is 22.7 Å². The lowest BCUT2D eigenvalue weighted by molar-refractivity contribution is -0.135. The Kier molecular flexibility index (Phi) is 2.59. The van der Waals surface area contributed by atoms with E-state index in [2.05, 4.69) is 10.3 Å². The number of thiophene rings is 1. The highest BCUT2D eigenvalue weighted by atomic mass is 32.1. The molecule has 4 rings (SSSR count). The van der Waals surface area contributed by atoms with Gasteiger partial charge in [0.1, 0.15) is 17.9 Å². The number of carbonyl (C=O) groups is 3. The molecule has 1 aliphatic rings. The van der Waals surface area contributed by atoms with Gasteiger partial charge in [-0.2, -0.15) is 0 Å². The summed E-state index contributed by atoms with van der Waals surface area (Å²) in [5, 5.41) is 4.10. The van der Waals surface area contributed by atoms with Crippen LogP contribution in [0.3, 0.4) is 0 Å². The van der Waals surface area contributed by atoms with Gasteiger partial charge in [0, 0.05) is 11.6 Å². The van der Waals surface area contributed by atoms with Gasteiger partial charge < -0.3 is 4.90 Å². The molecule has 0 radical (unpaired) electrons. The van der Waals surface area contributed by atoms with Gasteiger partial charge in [-0.05, 0) is 6.07 Å². The first-order valence-corrected chi connectivity index (χ1v) is 7.78. The lowest BCUT2D eigenvalue weighted by atomic mass is 10.3. The van der Waals surface area contributed by atoms with Crippen LogP contribution in [0.25, 0.3) is 15.3 Å². The van der Waals surface area contributed by atoms with Crippen molar-refractivity contribution in [3.8, 4) is 0 Å². The fraction of sp³-hybridized carbons (Fsp3) is 0.167. The number of imidazole rings is 1. The first-order chi connectivity index (χ1) is 10.1.